The van der Waals surface area contributed by atoms with Crippen molar-refractivity contribution in [1.29, 1.82) is 0 Å². The topological polar surface area (TPSA) is 58.6 Å². The summed E-state index contributed by atoms with van der Waals surface area (Å²) in [4.78, 5) is 11.4. The molecule has 2 atom stereocenters. The average molecular weight is 255 g/mol. The van der Waals surface area contributed by atoms with Crippen LogP contribution in [0.3, 0.4) is 0 Å². The third-order valence-corrected chi connectivity index (χ3v) is 2.80. The van der Waals surface area contributed by atoms with Gasteiger partial charge in [-0.05, 0) is 19.4 Å². The maximum Gasteiger partial charge on any atom is 0.322 e. The van der Waals surface area contributed by atoms with Crippen molar-refractivity contribution in [2.45, 2.75) is 32.4 Å². The van der Waals surface area contributed by atoms with Gasteiger partial charge in [-0.2, -0.15) is 0 Å². The van der Waals surface area contributed by atoms with E-state index in [1.165, 1.54) is 19.2 Å². The fourth-order valence-corrected chi connectivity index (χ4v) is 1.77. The van der Waals surface area contributed by atoms with Crippen LogP contribution in [0.2, 0.25) is 0 Å². The number of rotatable bonds is 5. The molecule has 0 aliphatic rings. The Balaban J connectivity index is 2.80. The number of benzene rings is 1. The van der Waals surface area contributed by atoms with Gasteiger partial charge >= 0.3 is 5.97 Å². The predicted octanol–water partition coefficient (Wildman–Crippen LogP) is 2.13. The van der Waals surface area contributed by atoms with E-state index in [9.17, 15) is 14.3 Å². The zero-order valence-electron chi connectivity index (χ0n) is 10.7. The first-order valence-electron chi connectivity index (χ1n) is 5.81. The molecular formula is C13H18FNO3. The molecule has 100 valence electrons. The van der Waals surface area contributed by atoms with Gasteiger partial charge in [0.1, 0.15) is 17.6 Å². The fourth-order valence-electron chi connectivity index (χ4n) is 1.77. The number of phenols is 1. The fraction of sp³-hybridized carbons (Fsp3) is 0.462. The van der Waals surface area contributed by atoms with Crippen molar-refractivity contribution in [2.24, 2.45) is 0 Å². The second kappa shape index (κ2) is 6.35. The molecule has 1 aromatic rings. The van der Waals surface area contributed by atoms with Crippen LogP contribution in [-0.2, 0) is 9.53 Å². The molecule has 0 saturated carbocycles. The van der Waals surface area contributed by atoms with Crippen molar-refractivity contribution in [1.82, 2.24) is 5.32 Å². The number of methoxy groups -OCH3 is 1. The minimum atomic E-state index is -0.497. The van der Waals surface area contributed by atoms with Gasteiger partial charge in [0, 0.05) is 17.7 Å². The first-order valence-corrected chi connectivity index (χ1v) is 5.81. The Morgan fingerprint density at radius 1 is 1.56 bits per heavy atom. The number of aromatic hydroxyl groups is 1. The maximum atomic E-state index is 12.9. The summed E-state index contributed by atoms with van der Waals surface area (Å²) < 4.78 is 17.5. The van der Waals surface area contributed by atoms with Crippen molar-refractivity contribution in [3.63, 3.8) is 0 Å². The molecular weight excluding hydrogens is 237 g/mol. The van der Waals surface area contributed by atoms with Crippen LogP contribution in [0.1, 0.15) is 31.9 Å². The zero-order valence-corrected chi connectivity index (χ0v) is 10.7. The lowest BCUT2D eigenvalue weighted by atomic mass is 10.1. The van der Waals surface area contributed by atoms with Gasteiger partial charge in [-0.3, -0.25) is 10.1 Å². The number of carbonyl (C=O) groups excluding carboxylic acids is 1. The van der Waals surface area contributed by atoms with Gasteiger partial charge in [0.25, 0.3) is 0 Å². The van der Waals surface area contributed by atoms with Crippen LogP contribution >= 0.6 is 0 Å². The van der Waals surface area contributed by atoms with Gasteiger partial charge < -0.3 is 9.84 Å². The highest BCUT2D eigenvalue weighted by Crippen LogP contribution is 2.25. The van der Waals surface area contributed by atoms with Gasteiger partial charge in [0.2, 0.25) is 0 Å². The largest absolute Gasteiger partial charge is 0.508 e. The van der Waals surface area contributed by atoms with Crippen LogP contribution in [0.15, 0.2) is 18.2 Å². The number of esters is 1. The lowest BCUT2D eigenvalue weighted by molar-refractivity contribution is -0.143. The molecule has 5 heteroatoms. The van der Waals surface area contributed by atoms with Crippen LogP contribution in [0.4, 0.5) is 4.39 Å². The molecule has 0 aromatic heterocycles. The Labute approximate surface area is 106 Å². The van der Waals surface area contributed by atoms with Crippen LogP contribution in [0.5, 0.6) is 5.75 Å². The minimum absolute atomic E-state index is 0.130. The summed E-state index contributed by atoms with van der Waals surface area (Å²) in [6.45, 7) is 3.64. The van der Waals surface area contributed by atoms with Crippen LogP contribution in [-0.4, -0.2) is 24.2 Å². The van der Waals surface area contributed by atoms with Crippen LogP contribution in [0, 0.1) is 5.82 Å². The predicted molar refractivity (Wildman–Crippen MR) is 65.7 cm³/mol. The first-order chi connectivity index (χ1) is 8.49. The summed E-state index contributed by atoms with van der Waals surface area (Å²) in [5.41, 5.74) is 0.541. The second-order valence-corrected chi connectivity index (χ2v) is 4.08. The molecule has 0 amide bonds. The molecule has 18 heavy (non-hydrogen) atoms. The summed E-state index contributed by atoms with van der Waals surface area (Å²) >= 11 is 0. The van der Waals surface area contributed by atoms with Gasteiger partial charge in [0.15, 0.2) is 0 Å². The van der Waals surface area contributed by atoms with Gasteiger partial charge in [-0.25, -0.2) is 4.39 Å². The molecule has 1 aromatic carbocycles. The van der Waals surface area contributed by atoms with Crippen molar-refractivity contribution >= 4 is 5.97 Å². The number of ether oxygens (including phenoxy) is 1. The van der Waals surface area contributed by atoms with Gasteiger partial charge in [0.05, 0.1) is 7.11 Å². The second-order valence-electron chi connectivity index (χ2n) is 4.08. The molecule has 2 unspecified atom stereocenters. The maximum absolute atomic E-state index is 12.9. The van der Waals surface area contributed by atoms with E-state index in [1.54, 1.807) is 6.92 Å². The Morgan fingerprint density at radius 3 is 2.72 bits per heavy atom. The summed E-state index contributed by atoms with van der Waals surface area (Å²) in [7, 11) is 1.33. The Kier molecular flexibility index (Phi) is 5.09. The monoisotopic (exact) mass is 255 g/mol. The highest BCUT2D eigenvalue weighted by atomic mass is 19.1. The molecule has 0 heterocycles. The smallest absolute Gasteiger partial charge is 0.322 e. The van der Waals surface area contributed by atoms with E-state index in [0.717, 1.165) is 6.07 Å². The van der Waals surface area contributed by atoms with Crippen molar-refractivity contribution < 1.29 is 19.0 Å². The molecule has 0 aliphatic heterocycles. The van der Waals surface area contributed by atoms with E-state index in [0.29, 0.717) is 12.0 Å². The van der Waals surface area contributed by atoms with E-state index < -0.39 is 11.9 Å². The highest BCUT2D eigenvalue weighted by Gasteiger charge is 2.21. The number of phenolic OH excluding ortho intramolecular Hbond substituents is 1. The van der Waals surface area contributed by atoms with Crippen molar-refractivity contribution in [3.8, 4) is 5.75 Å². The molecule has 1 rings (SSSR count). The van der Waals surface area contributed by atoms with Gasteiger partial charge in [-0.15, -0.1) is 0 Å². The van der Waals surface area contributed by atoms with E-state index >= 15 is 0 Å². The van der Waals surface area contributed by atoms with E-state index in [-0.39, 0.29) is 17.8 Å². The van der Waals surface area contributed by atoms with Crippen molar-refractivity contribution in [2.75, 3.05) is 7.11 Å². The standard InChI is InChI=1S/C13H18FNO3/c1-4-11(13(17)18-3)15-8(2)10-6-5-9(14)7-12(10)16/h5-8,11,15-16H,4H2,1-3H3. The van der Waals surface area contributed by atoms with E-state index in [2.05, 4.69) is 10.1 Å². The van der Waals surface area contributed by atoms with Crippen LogP contribution in [0.25, 0.3) is 0 Å². The molecule has 4 nitrogen and oxygen atoms in total. The third kappa shape index (κ3) is 3.43. The molecule has 0 aliphatic carbocycles. The number of carbonyl (C=O) groups is 1. The first kappa shape index (κ1) is 14.4. The zero-order chi connectivity index (χ0) is 13.7. The normalized spacial score (nSPS) is 14.0. The quantitative estimate of drug-likeness (QED) is 0.791. The lowest BCUT2D eigenvalue weighted by Crippen LogP contribution is -2.38. The van der Waals surface area contributed by atoms with Gasteiger partial charge in [-0.1, -0.05) is 13.0 Å². The summed E-state index contributed by atoms with van der Waals surface area (Å²) in [6.07, 6.45) is 0.568. The summed E-state index contributed by atoms with van der Waals surface area (Å²) in [5, 5.41) is 12.7. The van der Waals surface area contributed by atoms with Crippen molar-refractivity contribution in [3.05, 3.63) is 29.6 Å². The minimum Gasteiger partial charge on any atom is -0.508 e. The van der Waals surface area contributed by atoms with E-state index in [4.69, 9.17) is 0 Å². The third-order valence-electron chi connectivity index (χ3n) is 2.80. The molecule has 2 N–H and O–H groups in total. The molecule has 0 saturated heterocycles. The molecule has 0 spiro atoms. The Bertz CT molecular complexity index is 423. The number of halogens is 1. The molecule has 0 radical (unpaired) electrons. The molecule has 0 bridgehead atoms. The van der Waals surface area contributed by atoms with Crippen LogP contribution < -0.4 is 5.32 Å². The Morgan fingerprint density at radius 2 is 2.22 bits per heavy atom. The summed E-state index contributed by atoms with van der Waals surface area (Å²) in [6, 6.07) is 3.08. The highest BCUT2D eigenvalue weighted by molar-refractivity contribution is 5.75. The molecule has 0 fully saturated rings. The van der Waals surface area contributed by atoms with E-state index in [1.807, 2.05) is 6.92 Å². The SMILES string of the molecule is CCC(NC(C)c1ccc(F)cc1O)C(=O)OC. The lowest BCUT2D eigenvalue weighted by Gasteiger charge is -2.21. The number of nitrogens with one attached hydrogen (secondary N) is 1. The number of hydrogen-bond acceptors (Lipinski definition) is 4. The summed E-state index contributed by atoms with van der Waals surface area (Å²) in [5.74, 6) is -0.982. The number of hydrogen-bond donors (Lipinski definition) is 2. The Hall–Kier alpha value is -1.62. The average Bonchev–Trinajstić information content (AvgIpc) is 2.34.